The Bertz CT molecular complexity index is 710. The van der Waals surface area contributed by atoms with Crippen molar-refractivity contribution in [2.45, 2.75) is 39.0 Å². The molecular weight excluding hydrogens is 370 g/mol. The number of hydrogen-bond donors (Lipinski definition) is 1. The number of rotatable bonds is 7. The first-order chi connectivity index (χ1) is 13.9. The maximum atomic E-state index is 11.8. The number of methoxy groups -OCH3 is 3. The fourth-order valence-corrected chi connectivity index (χ4v) is 3.54. The van der Waals surface area contributed by atoms with Crippen LogP contribution in [0.1, 0.15) is 39.2 Å². The first kappa shape index (κ1) is 22.8. The molecule has 0 radical (unpaired) electrons. The lowest BCUT2D eigenvalue weighted by Gasteiger charge is -2.34. The highest BCUT2D eigenvalue weighted by molar-refractivity contribution is 5.80. The Morgan fingerprint density at radius 2 is 1.83 bits per heavy atom. The number of likely N-dealkylation sites (tertiary alicyclic amines) is 1. The summed E-state index contributed by atoms with van der Waals surface area (Å²) in [5.74, 6) is 2.21. The maximum absolute atomic E-state index is 11.8. The molecule has 29 heavy (non-hydrogen) atoms. The largest absolute Gasteiger partial charge is 0.493 e. The summed E-state index contributed by atoms with van der Waals surface area (Å²) in [6.07, 6.45) is 1.58. The van der Waals surface area contributed by atoms with Crippen molar-refractivity contribution < 1.29 is 19.0 Å². The molecule has 0 aliphatic carbocycles. The van der Waals surface area contributed by atoms with Crippen molar-refractivity contribution in [3.05, 3.63) is 23.8 Å². The average Bonchev–Trinajstić information content (AvgIpc) is 2.75. The third kappa shape index (κ3) is 5.78. The van der Waals surface area contributed by atoms with E-state index in [2.05, 4.69) is 37.1 Å². The first-order valence-electron chi connectivity index (χ1n) is 10.2. The van der Waals surface area contributed by atoms with Crippen LogP contribution < -0.4 is 14.8 Å². The Morgan fingerprint density at radius 3 is 2.38 bits per heavy atom. The van der Waals surface area contributed by atoms with Gasteiger partial charge < -0.3 is 24.4 Å². The number of benzene rings is 1. The molecule has 1 aromatic carbocycles. The third-order valence-corrected chi connectivity index (χ3v) is 5.45. The van der Waals surface area contributed by atoms with Crippen molar-refractivity contribution in [1.29, 1.82) is 0 Å². The van der Waals surface area contributed by atoms with E-state index in [4.69, 9.17) is 19.2 Å². The summed E-state index contributed by atoms with van der Waals surface area (Å²) >= 11 is 0. The smallest absolute Gasteiger partial charge is 0.308 e. The molecule has 0 saturated carbocycles. The molecule has 1 aliphatic rings. The highest BCUT2D eigenvalue weighted by Crippen LogP contribution is 2.33. The van der Waals surface area contributed by atoms with E-state index in [0.29, 0.717) is 6.54 Å². The molecule has 0 spiro atoms. The summed E-state index contributed by atoms with van der Waals surface area (Å²) in [7, 11) is 4.74. The number of nitrogens with one attached hydrogen (secondary N) is 1. The van der Waals surface area contributed by atoms with E-state index in [1.165, 1.54) is 7.11 Å². The Hall–Kier alpha value is -2.44. The monoisotopic (exact) mass is 405 g/mol. The molecule has 2 rings (SSSR count). The van der Waals surface area contributed by atoms with Crippen molar-refractivity contribution in [1.82, 2.24) is 10.2 Å². The van der Waals surface area contributed by atoms with Crippen LogP contribution in [0.2, 0.25) is 0 Å². The minimum Gasteiger partial charge on any atom is -0.493 e. The molecule has 7 nitrogen and oxygen atoms in total. The van der Waals surface area contributed by atoms with E-state index in [-0.39, 0.29) is 17.3 Å². The summed E-state index contributed by atoms with van der Waals surface area (Å²) in [4.78, 5) is 18.9. The minimum atomic E-state index is -0.176. The third-order valence-electron chi connectivity index (χ3n) is 5.45. The van der Waals surface area contributed by atoms with E-state index < -0.39 is 0 Å². The summed E-state index contributed by atoms with van der Waals surface area (Å²) in [5.41, 5.74) is 0.962. The van der Waals surface area contributed by atoms with E-state index in [1.54, 1.807) is 14.2 Å². The number of carbonyl (C=O) groups excluding carboxylic acids is 1. The molecular formula is C22H35N3O4. The van der Waals surface area contributed by atoms with Crippen molar-refractivity contribution in [3.63, 3.8) is 0 Å². The van der Waals surface area contributed by atoms with Gasteiger partial charge in [-0.2, -0.15) is 0 Å². The average molecular weight is 406 g/mol. The Kier molecular flexibility index (Phi) is 8.17. The summed E-state index contributed by atoms with van der Waals surface area (Å²) < 4.78 is 15.7. The fourth-order valence-electron chi connectivity index (χ4n) is 3.54. The molecule has 1 saturated heterocycles. The van der Waals surface area contributed by atoms with Crippen LogP contribution in [0.25, 0.3) is 0 Å². The Labute approximate surface area is 174 Å². The SMILES string of the molecule is CCNC(=NCC(C)(C)c1ccc(OC)c(OC)c1)N1CCC(C(=O)OC)CC1. The lowest BCUT2D eigenvalue weighted by molar-refractivity contribution is -0.146. The lowest BCUT2D eigenvalue weighted by Crippen LogP contribution is -2.47. The van der Waals surface area contributed by atoms with E-state index >= 15 is 0 Å². The zero-order chi connectivity index (χ0) is 21.4. The van der Waals surface area contributed by atoms with Crippen molar-refractivity contribution in [2.24, 2.45) is 10.9 Å². The van der Waals surface area contributed by atoms with Gasteiger partial charge in [0.2, 0.25) is 0 Å². The Balaban J connectivity index is 2.12. The maximum Gasteiger partial charge on any atom is 0.308 e. The normalized spacial score (nSPS) is 15.8. The molecule has 7 heteroatoms. The van der Waals surface area contributed by atoms with Crippen LogP contribution in [0, 0.1) is 5.92 Å². The van der Waals surface area contributed by atoms with Gasteiger partial charge in [0.1, 0.15) is 0 Å². The van der Waals surface area contributed by atoms with Gasteiger partial charge in [0.25, 0.3) is 0 Å². The molecule has 0 aromatic heterocycles. The quantitative estimate of drug-likeness (QED) is 0.427. The van der Waals surface area contributed by atoms with Gasteiger partial charge in [-0.05, 0) is 37.5 Å². The van der Waals surface area contributed by atoms with Crippen LogP contribution in [0.4, 0.5) is 0 Å². The molecule has 0 bridgehead atoms. The van der Waals surface area contributed by atoms with Crippen LogP contribution in [0.3, 0.4) is 0 Å². The number of ether oxygens (including phenoxy) is 3. The van der Waals surface area contributed by atoms with E-state index in [1.807, 2.05) is 12.1 Å². The summed E-state index contributed by atoms with van der Waals surface area (Å²) in [6, 6.07) is 6.01. The molecule has 0 amide bonds. The summed E-state index contributed by atoms with van der Waals surface area (Å²) in [6.45, 7) is 9.42. The fraction of sp³-hybridized carbons (Fsp3) is 0.636. The highest BCUT2D eigenvalue weighted by Gasteiger charge is 2.28. The molecule has 1 aliphatic heterocycles. The number of esters is 1. The van der Waals surface area contributed by atoms with Crippen LogP contribution >= 0.6 is 0 Å². The van der Waals surface area contributed by atoms with Gasteiger partial charge >= 0.3 is 5.97 Å². The van der Waals surface area contributed by atoms with Crippen molar-refractivity contribution in [2.75, 3.05) is 47.5 Å². The van der Waals surface area contributed by atoms with Crippen LogP contribution in [-0.4, -0.2) is 64.3 Å². The standard InChI is InChI=1S/C22H35N3O4/c1-7-23-21(25-12-10-16(11-13-25)20(26)29-6)24-15-22(2,3)17-8-9-18(27-4)19(14-17)28-5/h8-9,14,16H,7,10-13,15H2,1-6H3,(H,23,24). The minimum absolute atomic E-state index is 0.0117. The second kappa shape index (κ2) is 10.4. The topological polar surface area (TPSA) is 72.4 Å². The predicted molar refractivity (Wildman–Crippen MR) is 115 cm³/mol. The predicted octanol–water partition coefficient (Wildman–Crippen LogP) is 2.83. The molecule has 1 N–H and O–H groups in total. The van der Waals surface area contributed by atoms with Gasteiger partial charge in [-0.15, -0.1) is 0 Å². The van der Waals surface area contributed by atoms with Gasteiger partial charge in [0.05, 0.1) is 33.8 Å². The zero-order valence-corrected chi connectivity index (χ0v) is 18.6. The van der Waals surface area contributed by atoms with E-state index in [0.717, 1.165) is 55.5 Å². The first-order valence-corrected chi connectivity index (χ1v) is 10.2. The molecule has 0 unspecified atom stereocenters. The van der Waals surface area contributed by atoms with Gasteiger partial charge in [-0.25, -0.2) is 0 Å². The van der Waals surface area contributed by atoms with E-state index in [9.17, 15) is 4.79 Å². The molecule has 1 fully saturated rings. The Morgan fingerprint density at radius 1 is 1.17 bits per heavy atom. The summed E-state index contributed by atoms with van der Waals surface area (Å²) in [5, 5.41) is 3.39. The zero-order valence-electron chi connectivity index (χ0n) is 18.6. The number of carbonyl (C=O) groups is 1. The highest BCUT2D eigenvalue weighted by atomic mass is 16.5. The number of hydrogen-bond acceptors (Lipinski definition) is 5. The van der Waals surface area contributed by atoms with Crippen molar-refractivity contribution >= 4 is 11.9 Å². The number of piperidine rings is 1. The van der Waals surface area contributed by atoms with Gasteiger partial charge in [-0.3, -0.25) is 9.79 Å². The van der Waals surface area contributed by atoms with Gasteiger partial charge in [0.15, 0.2) is 17.5 Å². The molecule has 0 atom stereocenters. The molecule has 1 heterocycles. The number of aliphatic imine (C=N–C) groups is 1. The van der Waals surface area contributed by atoms with Crippen LogP contribution in [-0.2, 0) is 14.9 Å². The van der Waals surface area contributed by atoms with Crippen molar-refractivity contribution in [3.8, 4) is 11.5 Å². The van der Waals surface area contributed by atoms with Crippen LogP contribution in [0.15, 0.2) is 23.2 Å². The van der Waals surface area contributed by atoms with Gasteiger partial charge in [0, 0.05) is 25.0 Å². The second-order valence-corrected chi connectivity index (χ2v) is 7.91. The number of guanidine groups is 1. The molecule has 162 valence electrons. The van der Waals surface area contributed by atoms with Gasteiger partial charge in [-0.1, -0.05) is 19.9 Å². The van der Waals surface area contributed by atoms with Crippen LogP contribution in [0.5, 0.6) is 11.5 Å². The molecule has 1 aromatic rings. The second-order valence-electron chi connectivity index (χ2n) is 7.91. The lowest BCUT2D eigenvalue weighted by atomic mass is 9.84. The number of nitrogens with zero attached hydrogens (tertiary/aromatic N) is 2.